The molecule has 0 unspecified atom stereocenters. The van der Waals surface area contributed by atoms with E-state index in [1.54, 1.807) is 36.4 Å². The van der Waals surface area contributed by atoms with Gasteiger partial charge in [0, 0.05) is 6.04 Å². The Kier molecular flexibility index (Phi) is 3.80. The highest BCUT2D eigenvalue weighted by atomic mass is 32.2. The third-order valence-corrected chi connectivity index (χ3v) is 5.98. The van der Waals surface area contributed by atoms with E-state index < -0.39 is 15.4 Å². The molecule has 0 saturated carbocycles. The van der Waals surface area contributed by atoms with Crippen LogP contribution in [0.2, 0.25) is 0 Å². The number of hydrogen-bond acceptors (Lipinski definition) is 4. The molecule has 3 N–H and O–H groups in total. The summed E-state index contributed by atoms with van der Waals surface area (Å²) >= 11 is 0. The number of hydrogen-bond donors (Lipinski definition) is 2. The minimum absolute atomic E-state index is 0.222. The molecule has 1 aliphatic rings. The van der Waals surface area contributed by atoms with Crippen molar-refractivity contribution in [2.75, 3.05) is 5.75 Å². The smallest absolute Gasteiger partial charge is 0.181 e. The van der Waals surface area contributed by atoms with Gasteiger partial charge >= 0.3 is 0 Å². The first-order valence-electron chi connectivity index (χ1n) is 7.25. The summed E-state index contributed by atoms with van der Waals surface area (Å²) in [5.41, 5.74) is 6.19. The quantitative estimate of drug-likeness (QED) is 0.901. The van der Waals surface area contributed by atoms with E-state index in [0.717, 1.165) is 5.56 Å². The second-order valence-electron chi connectivity index (χ2n) is 5.93. The molecule has 0 amide bonds. The molecule has 0 fully saturated rings. The molecule has 2 aromatic carbocycles. The largest absolute Gasteiger partial charge is 0.384 e. The van der Waals surface area contributed by atoms with Crippen LogP contribution in [0.15, 0.2) is 59.5 Å². The minimum Gasteiger partial charge on any atom is -0.384 e. The summed E-state index contributed by atoms with van der Waals surface area (Å²) < 4.78 is 25.2. The highest BCUT2D eigenvalue weighted by Gasteiger charge is 2.41. The molecule has 116 valence electrons. The van der Waals surface area contributed by atoms with Crippen LogP contribution in [-0.2, 0) is 21.9 Å². The van der Waals surface area contributed by atoms with E-state index in [-0.39, 0.29) is 23.1 Å². The van der Waals surface area contributed by atoms with Crippen LogP contribution in [-0.4, -0.2) is 25.3 Å². The molecule has 0 saturated heterocycles. The molecular formula is C17H19NO3S. The number of aliphatic hydroxyl groups is 1. The van der Waals surface area contributed by atoms with E-state index in [1.165, 1.54) is 0 Å². The summed E-state index contributed by atoms with van der Waals surface area (Å²) in [7, 11) is -3.59. The Hall–Kier alpha value is -1.69. The summed E-state index contributed by atoms with van der Waals surface area (Å²) in [6.07, 6.45) is 0.903. The van der Waals surface area contributed by atoms with Crippen molar-refractivity contribution < 1.29 is 13.5 Å². The first kappa shape index (κ1) is 15.2. The first-order valence-corrected chi connectivity index (χ1v) is 8.90. The standard InChI is InChI=1S/C17H19NO3S/c18-14-10-13-6-4-5-9-16(13)17(19,11-14)12-22(20,21)15-7-2-1-3-8-15/h1-9,14,19H,10-12,18H2/t14-,17+/m0/s1. The highest BCUT2D eigenvalue weighted by molar-refractivity contribution is 7.91. The molecule has 0 bridgehead atoms. The molecule has 4 nitrogen and oxygen atoms in total. The van der Waals surface area contributed by atoms with E-state index in [1.807, 2.05) is 18.2 Å². The Morgan fingerprint density at radius 3 is 2.45 bits per heavy atom. The van der Waals surface area contributed by atoms with Gasteiger partial charge in [0.2, 0.25) is 0 Å². The van der Waals surface area contributed by atoms with E-state index in [4.69, 9.17) is 5.73 Å². The van der Waals surface area contributed by atoms with Gasteiger partial charge in [0.1, 0.15) is 5.60 Å². The van der Waals surface area contributed by atoms with Crippen LogP contribution in [0.4, 0.5) is 0 Å². The van der Waals surface area contributed by atoms with E-state index in [9.17, 15) is 13.5 Å². The van der Waals surface area contributed by atoms with Gasteiger partial charge in [-0.3, -0.25) is 0 Å². The fourth-order valence-electron chi connectivity index (χ4n) is 3.21. The van der Waals surface area contributed by atoms with Gasteiger partial charge in [0.15, 0.2) is 9.84 Å². The van der Waals surface area contributed by atoms with Crippen LogP contribution in [0.1, 0.15) is 17.5 Å². The maximum absolute atomic E-state index is 12.6. The number of fused-ring (bicyclic) bond motifs is 1. The molecule has 22 heavy (non-hydrogen) atoms. The molecule has 2 atom stereocenters. The van der Waals surface area contributed by atoms with Gasteiger partial charge < -0.3 is 10.8 Å². The second kappa shape index (κ2) is 5.50. The van der Waals surface area contributed by atoms with Crippen LogP contribution < -0.4 is 5.73 Å². The number of rotatable bonds is 3. The van der Waals surface area contributed by atoms with Crippen molar-refractivity contribution in [1.82, 2.24) is 0 Å². The van der Waals surface area contributed by atoms with Crippen LogP contribution in [0, 0.1) is 0 Å². The Labute approximate surface area is 130 Å². The summed E-state index contributed by atoms with van der Waals surface area (Å²) in [5.74, 6) is -0.352. The van der Waals surface area contributed by atoms with Crippen LogP contribution >= 0.6 is 0 Å². The van der Waals surface area contributed by atoms with Gasteiger partial charge in [-0.15, -0.1) is 0 Å². The normalized spacial score (nSPS) is 24.7. The topological polar surface area (TPSA) is 80.4 Å². The fourth-order valence-corrected chi connectivity index (χ4v) is 4.85. The number of nitrogens with two attached hydrogens (primary N) is 1. The van der Waals surface area contributed by atoms with E-state index in [2.05, 4.69) is 0 Å². The lowest BCUT2D eigenvalue weighted by atomic mass is 9.78. The van der Waals surface area contributed by atoms with E-state index in [0.29, 0.717) is 12.0 Å². The van der Waals surface area contributed by atoms with Gasteiger partial charge in [-0.25, -0.2) is 8.42 Å². The summed E-state index contributed by atoms with van der Waals surface area (Å²) in [4.78, 5) is 0.222. The maximum atomic E-state index is 12.6. The van der Waals surface area contributed by atoms with Crippen LogP contribution in [0.3, 0.4) is 0 Å². The van der Waals surface area contributed by atoms with Crippen molar-refractivity contribution in [2.45, 2.75) is 29.4 Å². The Bertz CT molecular complexity index is 774. The molecule has 1 aliphatic carbocycles. The van der Waals surface area contributed by atoms with Crippen molar-refractivity contribution in [3.05, 3.63) is 65.7 Å². The van der Waals surface area contributed by atoms with Gasteiger partial charge in [-0.2, -0.15) is 0 Å². The van der Waals surface area contributed by atoms with Crippen molar-refractivity contribution in [1.29, 1.82) is 0 Å². The summed E-state index contributed by atoms with van der Waals surface area (Å²) in [5, 5.41) is 11.0. The minimum atomic E-state index is -3.59. The average Bonchev–Trinajstić information content (AvgIpc) is 2.47. The Balaban J connectivity index is 2.01. The van der Waals surface area contributed by atoms with Gasteiger partial charge in [-0.1, -0.05) is 42.5 Å². The lowest BCUT2D eigenvalue weighted by Crippen LogP contribution is -2.45. The zero-order chi connectivity index (χ0) is 15.8. The number of benzene rings is 2. The van der Waals surface area contributed by atoms with Crippen molar-refractivity contribution in [2.24, 2.45) is 5.73 Å². The molecule has 0 heterocycles. The summed E-state index contributed by atoms with van der Waals surface area (Å²) in [6, 6.07) is 15.4. The van der Waals surface area contributed by atoms with Crippen molar-refractivity contribution in [3.63, 3.8) is 0 Å². The van der Waals surface area contributed by atoms with Crippen molar-refractivity contribution in [3.8, 4) is 0 Å². The molecule has 0 radical (unpaired) electrons. The number of sulfone groups is 1. The predicted octanol–water partition coefficient (Wildman–Crippen LogP) is 1.62. The second-order valence-corrected chi connectivity index (χ2v) is 7.92. The summed E-state index contributed by atoms with van der Waals surface area (Å²) in [6.45, 7) is 0. The van der Waals surface area contributed by atoms with Gasteiger partial charge in [-0.05, 0) is 36.1 Å². The monoisotopic (exact) mass is 317 g/mol. The lowest BCUT2D eigenvalue weighted by Gasteiger charge is -2.37. The van der Waals surface area contributed by atoms with Gasteiger partial charge in [0.05, 0.1) is 10.6 Å². The zero-order valence-electron chi connectivity index (χ0n) is 12.1. The predicted molar refractivity (Wildman–Crippen MR) is 85.1 cm³/mol. The third kappa shape index (κ3) is 2.79. The molecule has 0 aromatic heterocycles. The molecule has 5 heteroatoms. The molecule has 0 aliphatic heterocycles. The highest BCUT2D eigenvalue weighted by Crippen LogP contribution is 2.37. The molecule has 0 spiro atoms. The van der Waals surface area contributed by atoms with Gasteiger partial charge in [0.25, 0.3) is 0 Å². The zero-order valence-corrected chi connectivity index (χ0v) is 13.0. The van der Waals surface area contributed by atoms with Crippen LogP contribution in [0.25, 0.3) is 0 Å². The molecule has 3 rings (SSSR count). The maximum Gasteiger partial charge on any atom is 0.181 e. The Morgan fingerprint density at radius 2 is 1.73 bits per heavy atom. The SMILES string of the molecule is N[C@H]1Cc2ccccc2[C@](O)(CS(=O)(=O)c2ccccc2)C1. The Morgan fingerprint density at radius 1 is 1.09 bits per heavy atom. The molecule has 2 aromatic rings. The first-order chi connectivity index (χ1) is 10.4. The van der Waals surface area contributed by atoms with Crippen LogP contribution in [0.5, 0.6) is 0 Å². The third-order valence-electron chi connectivity index (χ3n) is 4.13. The van der Waals surface area contributed by atoms with Crippen molar-refractivity contribution >= 4 is 9.84 Å². The lowest BCUT2D eigenvalue weighted by molar-refractivity contribution is 0.0362. The molecular weight excluding hydrogens is 298 g/mol. The fraction of sp³-hybridized carbons (Fsp3) is 0.294. The van der Waals surface area contributed by atoms with E-state index >= 15 is 0 Å². The average molecular weight is 317 g/mol.